The molecule has 0 saturated heterocycles. The molecule has 0 bridgehead atoms. The second-order valence-corrected chi connectivity index (χ2v) is 16.0. The molecule has 1 saturated carbocycles. The molecule has 5 aromatic rings. The summed E-state index contributed by atoms with van der Waals surface area (Å²) in [6, 6.07) is 28.7. The number of rotatable bonds is 12. The minimum Gasteiger partial charge on any atom is -0.462 e. The van der Waals surface area contributed by atoms with Crippen LogP contribution in [0.5, 0.6) is 5.75 Å². The molecule has 6 rings (SSSR count). The van der Waals surface area contributed by atoms with E-state index in [4.69, 9.17) is 26.2 Å². The molecule has 0 radical (unpaired) electrons. The average molecular weight is 669 g/mol. The van der Waals surface area contributed by atoms with Gasteiger partial charge in [0.2, 0.25) is 6.42 Å². The van der Waals surface area contributed by atoms with E-state index in [0.717, 1.165) is 39.2 Å². The average Bonchev–Trinajstić information content (AvgIpc) is 3.82. The lowest BCUT2D eigenvalue weighted by molar-refractivity contribution is -0.148. The molecule has 46 heavy (non-hydrogen) atoms. The maximum atomic E-state index is 13.1. The summed E-state index contributed by atoms with van der Waals surface area (Å²) in [5.41, 5.74) is 2.84. The Bertz CT molecular complexity index is 1940. The highest BCUT2D eigenvalue weighted by molar-refractivity contribution is 8.11. The molecule has 11 heteroatoms. The van der Waals surface area contributed by atoms with E-state index in [9.17, 15) is 9.59 Å². The lowest BCUT2D eigenvalue weighted by Crippen LogP contribution is -2.22. The van der Waals surface area contributed by atoms with Crippen molar-refractivity contribution in [2.45, 2.75) is 35.7 Å². The van der Waals surface area contributed by atoms with E-state index in [1.54, 1.807) is 23.8 Å². The van der Waals surface area contributed by atoms with Crippen LogP contribution in [0.25, 0.3) is 23.1 Å². The van der Waals surface area contributed by atoms with Crippen molar-refractivity contribution >= 4 is 64.9 Å². The number of carbonyl (C=O) groups is 2. The van der Waals surface area contributed by atoms with Crippen LogP contribution in [0.4, 0.5) is 0 Å². The van der Waals surface area contributed by atoms with Crippen molar-refractivity contribution in [2.24, 2.45) is 5.92 Å². The molecule has 0 spiro atoms. The third-order valence-electron chi connectivity index (χ3n) is 7.34. The maximum absolute atomic E-state index is 13.1. The Morgan fingerprint density at radius 1 is 1.04 bits per heavy atom. The number of nitrogens with zero attached hydrogens (tertiary/aromatic N) is 3. The molecule has 2 heterocycles. The Morgan fingerprint density at radius 2 is 1.80 bits per heavy atom. The summed E-state index contributed by atoms with van der Waals surface area (Å²) in [6.07, 6.45) is 4.54. The normalized spacial score (nSPS) is 14.9. The highest BCUT2D eigenvalue weighted by Gasteiger charge is 2.35. The Hall–Kier alpha value is -4.24. The number of hydrogen-bond acceptors (Lipinski definition) is 8. The van der Waals surface area contributed by atoms with Crippen LogP contribution >= 0.6 is 18.2 Å². The molecule has 8 nitrogen and oxygen atoms in total. The Morgan fingerprint density at radius 3 is 2.54 bits per heavy atom. The number of pyridine rings is 1. The minimum atomic E-state index is -3.06. The number of ether oxygens (including phenoxy) is 1. The SMILES string of the molecule is CNC(=O)c1ccccc1Sc1ccc2c(/C=C/c3ccccn3)nn(P(=S)(C[C@@H](C)C(=O)OC3CC3)Oc3ccccc3)c2c1. The number of benzene rings is 3. The summed E-state index contributed by atoms with van der Waals surface area (Å²) < 4.78 is 14.1. The first-order valence-corrected chi connectivity index (χ1v) is 18.7. The van der Waals surface area contributed by atoms with Crippen molar-refractivity contribution in [3.05, 3.63) is 114 Å². The molecule has 0 aliphatic heterocycles. The van der Waals surface area contributed by atoms with Gasteiger partial charge >= 0.3 is 5.97 Å². The van der Waals surface area contributed by atoms with Crippen LogP contribution in [0.2, 0.25) is 0 Å². The molecule has 234 valence electrons. The summed E-state index contributed by atoms with van der Waals surface area (Å²) >= 11 is 7.90. The van der Waals surface area contributed by atoms with Gasteiger partial charge in [-0.3, -0.25) is 14.6 Å². The third kappa shape index (κ3) is 7.41. The Labute approximate surface area is 277 Å². The third-order valence-corrected chi connectivity index (χ3v) is 11.9. The number of nitrogens with one attached hydrogen (secondary N) is 1. The van der Waals surface area contributed by atoms with E-state index in [1.807, 2.05) is 104 Å². The lowest BCUT2D eigenvalue weighted by atomic mass is 10.2. The molecule has 1 amide bonds. The van der Waals surface area contributed by atoms with Gasteiger partial charge in [0.05, 0.1) is 28.4 Å². The molecule has 1 fully saturated rings. The van der Waals surface area contributed by atoms with Crippen LogP contribution < -0.4 is 9.84 Å². The van der Waals surface area contributed by atoms with Crippen LogP contribution in [0.1, 0.15) is 41.5 Å². The fourth-order valence-corrected chi connectivity index (χ4v) is 9.46. The van der Waals surface area contributed by atoms with E-state index in [-0.39, 0.29) is 24.1 Å². The van der Waals surface area contributed by atoms with Gasteiger partial charge in [-0.25, -0.2) is 4.45 Å². The zero-order chi connectivity index (χ0) is 32.1. The zero-order valence-electron chi connectivity index (χ0n) is 25.4. The summed E-state index contributed by atoms with van der Waals surface area (Å²) in [6.45, 7) is 1.84. The van der Waals surface area contributed by atoms with Crippen molar-refractivity contribution in [1.29, 1.82) is 0 Å². The van der Waals surface area contributed by atoms with Gasteiger partial charge in [-0.2, -0.15) is 5.10 Å². The number of aromatic nitrogens is 3. The smallest absolute Gasteiger partial charge is 0.309 e. The molecule has 1 aliphatic rings. The van der Waals surface area contributed by atoms with E-state index in [1.165, 1.54) is 11.8 Å². The van der Waals surface area contributed by atoms with Crippen LogP contribution in [0, 0.1) is 5.92 Å². The van der Waals surface area contributed by atoms with Gasteiger partial charge in [0.15, 0.2) is 0 Å². The number of para-hydroxylation sites is 1. The summed E-state index contributed by atoms with van der Waals surface area (Å²) in [5, 5.41) is 8.65. The lowest BCUT2D eigenvalue weighted by Gasteiger charge is -2.26. The van der Waals surface area contributed by atoms with Crippen LogP contribution in [0.15, 0.2) is 107 Å². The Balaban J connectivity index is 1.46. The van der Waals surface area contributed by atoms with Crippen LogP contribution in [0.3, 0.4) is 0 Å². The van der Waals surface area contributed by atoms with Gasteiger partial charge in [-0.05, 0) is 91.4 Å². The molecule has 1 unspecified atom stereocenters. The van der Waals surface area contributed by atoms with Crippen molar-refractivity contribution in [3.8, 4) is 5.75 Å². The standard InChI is InChI=1S/C35H33N4O4PS2/c1-24(35(41)42-26-16-17-26)23-44(45,43-27-11-4-3-5-12-27)39-32-22-28(46-33-14-7-6-13-30(33)34(40)36-2)18-19-29(32)31(38-39)20-15-25-10-8-9-21-37-25/h3-15,18-22,24,26H,16-17,23H2,1-2H3,(H,36,40)/b20-15+/t24-,44?/m1/s1. The second-order valence-electron chi connectivity index (χ2n) is 11.0. The van der Waals surface area contributed by atoms with E-state index >= 15 is 0 Å². The highest BCUT2D eigenvalue weighted by Crippen LogP contribution is 2.52. The second kappa shape index (κ2) is 14.0. The monoisotopic (exact) mass is 668 g/mol. The van der Waals surface area contributed by atoms with Gasteiger partial charge in [-0.15, -0.1) is 0 Å². The quantitative estimate of drug-likeness (QED) is 0.107. The summed E-state index contributed by atoms with van der Waals surface area (Å²) in [4.78, 5) is 31.8. The number of esters is 1. The van der Waals surface area contributed by atoms with E-state index in [2.05, 4.69) is 10.3 Å². The predicted octanol–water partition coefficient (Wildman–Crippen LogP) is 7.69. The molecule has 2 aromatic heterocycles. The molecule has 3 aromatic carbocycles. The van der Waals surface area contributed by atoms with Crippen molar-refractivity contribution in [2.75, 3.05) is 13.2 Å². The topological polar surface area (TPSA) is 95.3 Å². The van der Waals surface area contributed by atoms with Gasteiger partial charge in [0.25, 0.3) is 5.91 Å². The van der Waals surface area contributed by atoms with E-state index in [0.29, 0.717) is 17.0 Å². The molecular formula is C35H33N4O4PS2. The number of fused-ring (bicyclic) bond motifs is 1. The first-order chi connectivity index (χ1) is 22.3. The number of carbonyl (C=O) groups excluding carboxylic acids is 2. The summed E-state index contributed by atoms with van der Waals surface area (Å²) in [7, 11) is 1.62. The van der Waals surface area contributed by atoms with Crippen molar-refractivity contribution in [3.63, 3.8) is 0 Å². The van der Waals surface area contributed by atoms with E-state index < -0.39 is 12.3 Å². The fourth-order valence-electron chi connectivity index (χ4n) is 4.85. The van der Waals surface area contributed by atoms with Gasteiger partial charge < -0.3 is 14.6 Å². The minimum absolute atomic E-state index is 0.00559. The highest BCUT2D eigenvalue weighted by atomic mass is 32.4. The largest absolute Gasteiger partial charge is 0.462 e. The maximum Gasteiger partial charge on any atom is 0.309 e. The predicted molar refractivity (Wildman–Crippen MR) is 187 cm³/mol. The van der Waals surface area contributed by atoms with Crippen LogP contribution in [-0.4, -0.2) is 45.7 Å². The Kier molecular flexibility index (Phi) is 9.68. The molecular weight excluding hydrogens is 636 g/mol. The molecule has 1 N–H and O–H groups in total. The van der Waals surface area contributed by atoms with Gasteiger partial charge in [0, 0.05) is 34.6 Å². The van der Waals surface area contributed by atoms with Crippen molar-refractivity contribution < 1.29 is 18.8 Å². The van der Waals surface area contributed by atoms with Crippen LogP contribution in [-0.2, 0) is 21.3 Å². The first-order valence-electron chi connectivity index (χ1n) is 15.0. The zero-order valence-corrected chi connectivity index (χ0v) is 27.9. The van der Waals surface area contributed by atoms with Gasteiger partial charge in [0.1, 0.15) is 11.9 Å². The number of hydrogen-bond donors (Lipinski definition) is 1. The molecule has 1 aliphatic carbocycles. The first kappa shape index (κ1) is 31.7. The van der Waals surface area contributed by atoms with Gasteiger partial charge in [-0.1, -0.05) is 55.1 Å². The van der Waals surface area contributed by atoms with Crippen molar-refractivity contribution in [1.82, 2.24) is 19.9 Å². The molecule has 2 atom stereocenters. The summed E-state index contributed by atoms with van der Waals surface area (Å²) in [5.74, 6) is -0.330. The number of amides is 1. The fraction of sp³-hybridized carbons (Fsp3) is 0.200.